The summed E-state index contributed by atoms with van der Waals surface area (Å²) in [6, 6.07) is 9.77. The third-order valence-corrected chi connectivity index (χ3v) is 3.17. The first-order valence-electron chi connectivity index (χ1n) is 6.85. The highest BCUT2D eigenvalue weighted by molar-refractivity contribution is 5.40. The number of hydrogen-bond acceptors (Lipinski definition) is 5. The highest BCUT2D eigenvalue weighted by atomic mass is 16.3. The third kappa shape index (κ3) is 4.26. The van der Waals surface area contributed by atoms with Crippen LogP contribution in [0.2, 0.25) is 0 Å². The fourth-order valence-corrected chi connectivity index (χ4v) is 2.00. The Hall–Kier alpha value is -2.45. The largest absolute Gasteiger partial charge is 0.389 e. The molecule has 0 saturated heterocycles. The molecule has 0 radical (unpaired) electrons. The predicted molar refractivity (Wildman–Crippen MR) is 80.4 cm³/mol. The highest BCUT2D eigenvalue weighted by Gasteiger charge is 2.10. The van der Waals surface area contributed by atoms with Gasteiger partial charge in [-0.3, -0.25) is 4.98 Å². The van der Waals surface area contributed by atoms with Gasteiger partial charge in [0.25, 0.3) is 0 Å². The summed E-state index contributed by atoms with van der Waals surface area (Å²) in [5.74, 6) is 0.790. The van der Waals surface area contributed by atoms with Gasteiger partial charge in [-0.05, 0) is 30.2 Å². The molecule has 21 heavy (non-hydrogen) atoms. The van der Waals surface area contributed by atoms with Crippen LogP contribution in [-0.4, -0.2) is 21.6 Å². The molecule has 1 atom stereocenters. The number of nitriles is 1. The lowest BCUT2D eigenvalue weighted by molar-refractivity contribution is 0.199. The first kappa shape index (κ1) is 14.9. The number of aliphatic hydroxyl groups is 1. The second-order valence-corrected chi connectivity index (χ2v) is 4.82. The van der Waals surface area contributed by atoms with Gasteiger partial charge in [0.15, 0.2) is 0 Å². The number of anilines is 1. The quantitative estimate of drug-likeness (QED) is 0.881. The summed E-state index contributed by atoms with van der Waals surface area (Å²) in [6.45, 7) is 2.96. The van der Waals surface area contributed by atoms with Gasteiger partial charge >= 0.3 is 0 Å². The zero-order chi connectivity index (χ0) is 15.1. The maximum Gasteiger partial charge on any atom is 0.128 e. The molecule has 0 amide bonds. The molecule has 2 aromatic rings. The van der Waals surface area contributed by atoms with Crippen molar-refractivity contribution in [2.45, 2.75) is 26.0 Å². The van der Waals surface area contributed by atoms with Gasteiger partial charge in [0.05, 0.1) is 18.6 Å². The number of aromatic nitrogens is 2. The van der Waals surface area contributed by atoms with Crippen molar-refractivity contribution in [3.8, 4) is 6.07 Å². The SMILES string of the molecule is C[C@H](O)c1ccc(N(CCC#N)Cc2cccnc2)nc1. The van der Waals surface area contributed by atoms with E-state index in [0.717, 1.165) is 16.9 Å². The van der Waals surface area contributed by atoms with E-state index in [1.807, 2.05) is 35.4 Å². The van der Waals surface area contributed by atoms with E-state index in [9.17, 15) is 5.11 Å². The fraction of sp³-hybridized carbons (Fsp3) is 0.312. The van der Waals surface area contributed by atoms with E-state index in [1.165, 1.54) is 0 Å². The van der Waals surface area contributed by atoms with E-state index in [0.29, 0.717) is 19.5 Å². The minimum absolute atomic E-state index is 0.431. The Morgan fingerprint density at radius 2 is 2.19 bits per heavy atom. The van der Waals surface area contributed by atoms with Crippen LogP contribution < -0.4 is 4.90 Å². The molecule has 5 heteroatoms. The van der Waals surface area contributed by atoms with Gasteiger partial charge < -0.3 is 10.0 Å². The van der Waals surface area contributed by atoms with Crippen molar-refractivity contribution in [1.29, 1.82) is 5.26 Å². The molecule has 2 aromatic heterocycles. The van der Waals surface area contributed by atoms with Crippen LogP contribution in [-0.2, 0) is 6.54 Å². The monoisotopic (exact) mass is 282 g/mol. The Labute approximate surface area is 124 Å². The lowest BCUT2D eigenvalue weighted by atomic mass is 10.2. The normalized spacial score (nSPS) is 11.7. The second-order valence-electron chi connectivity index (χ2n) is 4.82. The summed E-state index contributed by atoms with van der Waals surface area (Å²) in [6.07, 6.45) is 5.11. The number of aliphatic hydroxyl groups excluding tert-OH is 1. The standard InChI is InChI=1S/C16H18N4O/c1-13(21)15-5-6-16(19-11-15)20(9-3-7-17)12-14-4-2-8-18-10-14/h2,4-6,8,10-11,13,21H,3,9,12H2,1H3/t13-/m0/s1. The topological polar surface area (TPSA) is 73.0 Å². The van der Waals surface area contributed by atoms with Crippen molar-refractivity contribution < 1.29 is 5.11 Å². The Morgan fingerprint density at radius 3 is 2.76 bits per heavy atom. The lowest BCUT2D eigenvalue weighted by Gasteiger charge is -2.23. The lowest BCUT2D eigenvalue weighted by Crippen LogP contribution is -2.24. The summed E-state index contributed by atoms with van der Waals surface area (Å²) in [7, 11) is 0. The van der Waals surface area contributed by atoms with E-state index in [2.05, 4.69) is 16.0 Å². The molecular formula is C16H18N4O. The molecule has 0 aliphatic carbocycles. The summed E-state index contributed by atoms with van der Waals surface area (Å²) in [4.78, 5) is 10.5. The molecule has 0 bridgehead atoms. The molecule has 2 rings (SSSR count). The summed E-state index contributed by atoms with van der Waals surface area (Å²) >= 11 is 0. The highest BCUT2D eigenvalue weighted by Crippen LogP contribution is 2.18. The van der Waals surface area contributed by atoms with Crippen LogP contribution in [0.3, 0.4) is 0 Å². The maximum atomic E-state index is 9.52. The van der Waals surface area contributed by atoms with Gasteiger partial charge in [-0.15, -0.1) is 0 Å². The number of pyridine rings is 2. The first-order valence-corrected chi connectivity index (χ1v) is 6.85. The van der Waals surface area contributed by atoms with Crippen molar-refractivity contribution in [2.75, 3.05) is 11.4 Å². The molecule has 0 unspecified atom stereocenters. The van der Waals surface area contributed by atoms with E-state index >= 15 is 0 Å². The van der Waals surface area contributed by atoms with Crippen LogP contribution in [0.5, 0.6) is 0 Å². The molecule has 0 fully saturated rings. The van der Waals surface area contributed by atoms with Crippen molar-refractivity contribution >= 4 is 5.82 Å². The van der Waals surface area contributed by atoms with Gasteiger partial charge in [0.1, 0.15) is 5.82 Å². The van der Waals surface area contributed by atoms with E-state index in [1.54, 1.807) is 19.3 Å². The van der Waals surface area contributed by atoms with Gasteiger partial charge in [-0.2, -0.15) is 5.26 Å². The van der Waals surface area contributed by atoms with Gasteiger partial charge in [0, 0.05) is 31.7 Å². The Bertz CT molecular complexity index is 590. The molecule has 1 N–H and O–H groups in total. The zero-order valence-electron chi connectivity index (χ0n) is 12.0. The summed E-state index contributed by atoms with van der Waals surface area (Å²) < 4.78 is 0. The molecule has 108 valence electrons. The van der Waals surface area contributed by atoms with E-state index in [4.69, 9.17) is 5.26 Å². The van der Waals surface area contributed by atoms with Crippen molar-refractivity contribution in [2.24, 2.45) is 0 Å². The zero-order valence-corrected chi connectivity index (χ0v) is 12.0. The second kappa shape index (κ2) is 7.36. The summed E-state index contributed by atoms with van der Waals surface area (Å²) in [5.41, 5.74) is 1.84. The minimum Gasteiger partial charge on any atom is -0.389 e. The van der Waals surface area contributed by atoms with Gasteiger partial charge in [-0.25, -0.2) is 4.98 Å². The Balaban J connectivity index is 2.17. The van der Waals surface area contributed by atoms with Crippen LogP contribution in [0.25, 0.3) is 0 Å². The van der Waals surface area contributed by atoms with Crippen LogP contribution in [0, 0.1) is 11.3 Å². The number of nitrogens with zero attached hydrogens (tertiary/aromatic N) is 4. The fourth-order valence-electron chi connectivity index (χ4n) is 2.00. The third-order valence-electron chi connectivity index (χ3n) is 3.17. The van der Waals surface area contributed by atoms with E-state index < -0.39 is 6.10 Å². The minimum atomic E-state index is -0.530. The molecule has 0 aliphatic rings. The average molecular weight is 282 g/mol. The Kier molecular flexibility index (Phi) is 5.24. The predicted octanol–water partition coefficient (Wildman–Crippen LogP) is 2.45. The van der Waals surface area contributed by atoms with Crippen LogP contribution in [0.1, 0.15) is 30.6 Å². The van der Waals surface area contributed by atoms with Crippen LogP contribution in [0.15, 0.2) is 42.9 Å². The van der Waals surface area contributed by atoms with Gasteiger partial charge in [-0.1, -0.05) is 12.1 Å². The summed E-state index contributed by atoms with van der Waals surface area (Å²) in [5, 5.41) is 18.3. The molecule has 2 heterocycles. The van der Waals surface area contributed by atoms with Crippen LogP contribution >= 0.6 is 0 Å². The molecule has 0 spiro atoms. The Morgan fingerprint density at radius 1 is 1.33 bits per heavy atom. The number of hydrogen-bond donors (Lipinski definition) is 1. The molecule has 0 aliphatic heterocycles. The van der Waals surface area contributed by atoms with Gasteiger partial charge in [0.2, 0.25) is 0 Å². The van der Waals surface area contributed by atoms with Crippen molar-refractivity contribution in [3.05, 3.63) is 54.0 Å². The molecule has 5 nitrogen and oxygen atoms in total. The number of rotatable bonds is 6. The molecule has 0 saturated carbocycles. The smallest absolute Gasteiger partial charge is 0.128 e. The molecule has 0 aromatic carbocycles. The average Bonchev–Trinajstić information content (AvgIpc) is 2.52. The van der Waals surface area contributed by atoms with Crippen molar-refractivity contribution in [3.63, 3.8) is 0 Å². The van der Waals surface area contributed by atoms with Crippen molar-refractivity contribution in [1.82, 2.24) is 9.97 Å². The molecular weight excluding hydrogens is 264 g/mol. The van der Waals surface area contributed by atoms with E-state index in [-0.39, 0.29) is 0 Å². The maximum absolute atomic E-state index is 9.52. The first-order chi connectivity index (χ1) is 10.2. The van der Waals surface area contributed by atoms with Crippen LogP contribution in [0.4, 0.5) is 5.82 Å².